The Morgan fingerprint density at radius 2 is 1.68 bits per heavy atom. The Labute approximate surface area is 116 Å². The molecule has 0 fully saturated rings. The minimum absolute atomic E-state index is 0.432. The third kappa shape index (κ3) is 3.93. The summed E-state index contributed by atoms with van der Waals surface area (Å²) < 4.78 is 0. The Morgan fingerprint density at radius 1 is 0.947 bits per heavy atom. The Bertz CT molecular complexity index is 513. The molecule has 1 atom stereocenters. The van der Waals surface area contributed by atoms with Crippen LogP contribution in [-0.4, -0.2) is 7.05 Å². The van der Waals surface area contributed by atoms with Gasteiger partial charge < -0.3 is 5.32 Å². The maximum absolute atomic E-state index is 3.42. The van der Waals surface area contributed by atoms with Crippen LogP contribution in [0.15, 0.2) is 48.5 Å². The second-order valence-corrected chi connectivity index (χ2v) is 5.28. The second kappa shape index (κ2) is 6.53. The molecular weight excluding hydrogens is 230 g/mol. The van der Waals surface area contributed by atoms with Crippen molar-refractivity contribution in [2.75, 3.05) is 7.05 Å². The standard InChI is InChI=1S/C18H23N/c1-14-7-10-17(11-8-14)18(19-3)12-9-16-6-4-5-15(2)13-16/h4-8,10-11,13,18-19H,9,12H2,1-3H3. The predicted octanol–water partition coefficient (Wildman–Crippen LogP) is 4.20. The van der Waals surface area contributed by atoms with E-state index in [1.165, 1.54) is 22.3 Å². The summed E-state index contributed by atoms with van der Waals surface area (Å²) in [6.45, 7) is 4.28. The monoisotopic (exact) mass is 253 g/mol. The Kier molecular flexibility index (Phi) is 4.75. The molecule has 0 radical (unpaired) electrons. The minimum Gasteiger partial charge on any atom is -0.313 e. The molecule has 0 spiro atoms. The number of nitrogens with one attached hydrogen (secondary N) is 1. The molecule has 0 aromatic heterocycles. The molecule has 0 saturated carbocycles. The zero-order valence-corrected chi connectivity index (χ0v) is 12.1. The van der Waals surface area contributed by atoms with Gasteiger partial charge in [-0.2, -0.15) is 0 Å². The molecule has 2 aromatic carbocycles. The summed E-state index contributed by atoms with van der Waals surface area (Å²) in [6.07, 6.45) is 2.24. The third-order valence-electron chi connectivity index (χ3n) is 3.63. The lowest BCUT2D eigenvalue weighted by atomic mass is 9.98. The maximum atomic E-state index is 3.42. The van der Waals surface area contributed by atoms with Crippen molar-refractivity contribution in [2.24, 2.45) is 0 Å². The molecule has 1 heteroatoms. The van der Waals surface area contributed by atoms with Crippen LogP contribution in [-0.2, 0) is 6.42 Å². The van der Waals surface area contributed by atoms with Crippen LogP contribution in [0.25, 0.3) is 0 Å². The SMILES string of the molecule is CNC(CCc1cccc(C)c1)c1ccc(C)cc1. The normalized spacial score (nSPS) is 12.4. The van der Waals surface area contributed by atoms with Gasteiger partial charge in [-0.3, -0.25) is 0 Å². The maximum Gasteiger partial charge on any atom is 0.0320 e. The molecule has 0 saturated heterocycles. The van der Waals surface area contributed by atoms with Crippen molar-refractivity contribution >= 4 is 0 Å². The Hall–Kier alpha value is -1.60. The molecular formula is C18H23N. The zero-order valence-electron chi connectivity index (χ0n) is 12.1. The van der Waals surface area contributed by atoms with Crippen LogP contribution in [0.2, 0.25) is 0 Å². The summed E-state index contributed by atoms with van der Waals surface area (Å²) in [5.41, 5.74) is 5.46. The van der Waals surface area contributed by atoms with E-state index in [2.05, 4.69) is 67.7 Å². The zero-order chi connectivity index (χ0) is 13.7. The van der Waals surface area contributed by atoms with Gasteiger partial charge in [0.1, 0.15) is 0 Å². The van der Waals surface area contributed by atoms with Gasteiger partial charge in [0.25, 0.3) is 0 Å². The van der Waals surface area contributed by atoms with Crippen LogP contribution < -0.4 is 5.32 Å². The van der Waals surface area contributed by atoms with E-state index in [1.54, 1.807) is 0 Å². The van der Waals surface area contributed by atoms with E-state index < -0.39 is 0 Å². The molecule has 0 aliphatic heterocycles. The summed E-state index contributed by atoms with van der Waals surface area (Å²) in [6, 6.07) is 18.1. The lowest BCUT2D eigenvalue weighted by Crippen LogP contribution is -2.17. The first kappa shape index (κ1) is 13.8. The molecule has 100 valence electrons. The summed E-state index contributed by atoms with van der Waals surface area (Å²) in [5, 5.41) is 3.42. The van der Waals surface area contributed by atoms with Gasteiger partial charge in [0.15, 0.2) is 0 Å². The van der Waals surface area contributed by atoms with Crippen molar-refractivity contribution in [3.63, 3.8) is 0 Å². The van der Waals surface area contributed by atoms with Gasteiger partial charge in [-0.1, -0.05) is 59.7 Å². The summed E-state index contributed by atoms with van der Waals surface area (Å²) in [4.78, 5) is 0. The van der Waals surface area contributed by atoms with Crippen molar-refractivity contribution in [1.82, 2.24) is 5.32 Å². The summed E-state index contributed by atoms with van der Waals surface area (Å²) >= 11 is 0. The highest BCUT2D eigenvalue weighted by Gasteiger charge is 2.08. The molecule has 0 heterocycles. The van der Waals surface area contributed by atoms with E-state index in [-0.39, 0.29) is 0 Å². The van der Waals surface area contributed by atoms with Gasteiger partial charge >= 0.3 is 0 Å². The highest BCUT2D eigenvalue weighted by Crippen LogP contribution is 2.19. The fourth-order valence-electron chi connectivity index (χ4n) is 2.46. The van der Waals surface area contributed by atoms with Crippen LogP contribution >= 0.6 is 0 Å². The average Bonchev–Trinajstić information content (AvgIpc) is 2.41. The van der Waals surface area contributed by atoms with Crippen LogP contribution in [0.3, 0.4) is 0 Å². The Morgan fingerprint density at radius 3 is 2.32 bits per heavy atom. The number of rotatable bonds is 5. The van der Waals surface area contributed by atoms with Crippen molar-refractivity contribution in [3.8, 4) is 0 Å². The van der Waals surface area contributed by atoms with Gasteiger partial charge in [-0.05, 0) is 44.9 Å². The lowest BCUT2D eigenvalue weighted by molar-refractivity contribution is 0.549. The highest BCUT2D eigenvalue weighted by molar-refractivity contribution is 5.25. The van der Waals surface area contributed by atoms with Crippen LogP contribution in [0.4, 0.5) is 0 Å². The predicted molar refractivity (Wildman–Crippen MR) is 82.5 cm³/mol. The summed E-state index contributed by atoms with van der Waals surface area (Å²) in [5.74, 6) is 0. The molecule has 2 rings (SSSR count). The van der Waals surface area contributed by atoms with E-state index in [0.29, 0.717) is 6.04 Å². The van der Waals surface area contributed by atoms with Crippen LogP contribution in [0.1, 0.15) is 34.7 Å². The van der Waals surface area contributed by atoms with Crippen LogP contribution in [0.5, 0.6) is 0 Å². The average molecular weight is 253 g/mol. The molecule has 1 N–H and O–H groups in total. The molecule has 0 aliphatic carbocycles. The largest absolute Gasteiger partial charge is 0.313 e. The molecule has 0 bridgehead atoms. The first-order valence-corrected chi connectivity index (χ1v) is 6.98. The number of benzene rings is 2. The van der Waals surface area contributed by atoms with E-state index in [9.17, 15) is 0 Å². The topological polar surface area (TPSA) is 12.0 Å². The highest BCUT2D eigenvalue weighted by atomic mass is 14.9. The molecule has 0 aliphatic rings. The second-order valence-electron chi connectivity index (χ2n) is 5.28. The Balaban J connectivity index is 2.01. The van der Waals surface area contributed by atoms with E-state index in [0.717, 1.165) is 12.8 Å². The van der Waals surface area contributed by atoms with Crippen molar-refractivity contribution in [3.05, 3.63) is 70.8 Å². The molecule has 0 amide bonds. The fourth-order valence-corrected chi connectivity index (χ4v) is 2.46. The van der Waals surface area contributed by atoms with E-state index in [4.69, 9.17) is 0 Å². The number of hydrogen-bond acceptors (Lipinski definition) is 1. The first-order chi connectivity index (χ1) is 9.19. The molecule has 1 unspecified atom stereocenters. The van der Waals surface area contributed by atoms with Crippen molar-refractivity contribution < 1.29 is 0 Å². The van der Waals surface area contributed by atoms with Gasteiger partial charge in [0, 0.05) is 6.04 Å². The lowest BCUT2D eigenvalue weighted by Gasteiger charge is -2.17. The third-order valence-corrected chi connectivity index (χ3v) is 3.63. The van der Waals surface area contributed by atoms with E-state index >= 15 is 0 Å². The van der Waals surface area contributed by atoms with Crippen molar-refractivity contribution in [2.45, 2.75) is 32.7 Å². The summed E-state index contributed by atoms with van der Waals surface area (Å²) in [7, 11) is 2.04. The first-order valence-electron chi connectivity index (χ1n) is 6.98. The van der Waals surface area contributed by atoms with Crippen LogP contribution in [0, 0.1) is 13.8 Å². The van der Waals surface area contributed by atoms with E-state index in [1.807, 2.05) is 7.05 Å². The van der Waals surface area contributed by atoms with Gasteiger partial charge in [0.05, 0.1) is 0 Å². The minimum atomic E-state index is 0.432. The number of hydrogen-bond donors (Lipinski definition) is 1. The smallest absolute Gasteiger partial charge is 0.0320 e. The fraction of sp³-hybridized carbons (Fsp3) is 0.333. The van der Waals surface area contributed by atoms with Gasteiger partial charge in [0.2, 0.25) is 0 Å². The van der Waals surface area contributed by atoms with Gasteiger partial charge in [-0.15, -0.1) is 0 Å². The van der Waals surface area contributed by atoms with Crippen molar-refractivity contribution in [1.29, 1.82) is 0 Å². The molecule has 1 nitrogen and oxygen atoms in total. The quantitative estimate of drug-likeness (QED) is 0.842. The molecule has 19 heavy (non-hydrogen) atoms. The van der Waals surface area contributed by atoms with Gasteiger partial charge in [-0.25, -0.2) is 0 Å². The number of aryl methyl sites for hydroxylation is 3. The molecule has 2 aromatic rings.